The molecule has 0 heterocycles. The molecule has 4 fully saturated rings. The zero-order valence-electron chi connectivity index (χ0n) is 17.1. The molecule has 6 nitrogen and oxygen atoms in total. The molecule has 0 saturated heterocycles. The molecule has 0 spiro atoms. The number of carbonyl (C=O) groups is 2. The number of sulfonamides is 1. The molecule has 4 bridgehead atoms. The molecule has 158 valence electrons. The van der Waals surface area contributed by atoms with Crippen molar-refractivity contribution < 1.29 is 22.7 Å². The number of nitrogens with zero attached hydrogens (tertiary/aromatic N) is 1. The third-order valence-electron chi connectivity index (χ3n) is 7.07. The van der Waals surface area contributed by atoms with Crippen LogP contribution >= 0.6 is 0 Å². The minimum absolute atomic E-state index is 0.0222. The normalized spacial score (nSPS) is 30.5. The van der Waals surface area contributed by atoms with Crippen molar-refractivity contribution in [3.8, 4) is 0 Å². The highest BCUT2D eigenvalue weighted by molar-refractivity contribution is 7.89. The van der Waals surface area contributed by atoms with E-state index in [1.54, 1.807) is 12.1 Å². The molecule has 4 aliphatic rings. The number of ketones is 1. The molecule has 0 radical (unpaired) electrons. The first-order valence-corrected chi connectivity index (χ1v) is 11.8. The summed E-state index contributed by atoms with van der Waals surface area (Å²) in [6.45, 7) is 1.21. The molecular weight excluding hydrogens is 390 g/mol. The van der Waals surface area contributed by atoms with Gasteiger partial charge in [0, 0.05) is 12.5 Å². The van der Waals surface area contributed by atoms with Crippen LogP contribution in [0.1, 0.15) is 44.1 Å². The van der Waals surface area contributed by atoms with Crippen LogP contribution in [-0.2, 0) is 24.3 Å². The fourth-order valence-electron chi connectivity index (χ4n) is 5.95. The Morgan fingerprint density at radius 1 is 1.03 bits per heavy atom. The molecule has 1 aromatic carbocycles. The summed E-state index contributed by atoms with van der Waals surface area (Å²) in [4.78, 5) is 25.3. The number of likely N-dealkylation sites (N-methyl/N-ethyl adjacent to an activating group) is 1. The van der Waals surface area contributed by atoms with Crippen LogP contribution in [0.3, 0.4) is 0 Å². The van der Waals surface area contributed by atoms with Crippen molar-refractivity contribution >= 4 is 21.8 Å². The number of hydrogen-bond acceptors (Lipinski definition) is 5. The first kappa shape index (κ1) is 20.5. The highest BCUT2D eigenvalue weighted by Gasteiger charge is 2.54. The van der Waals surface area contributed by atoms with E-state index in [0.29, 0.717) is 17.8 Å². The van der Waals surface area contributed by atoms with Gasteiger partial charge in [-0.05, 0) is 75.3 Å². The van der Waals surface area contributed by atoms with Gasteiger partial charge in [-0.15, -0.1) is 0 Å². The number of hydrogen-bond donors (Lipinski definition) is 0. The lowest BCUT2D eigenvalue weighted by molar-refractivity contribution is -0.157. The summed E-state index contributed by atoms with van der Waals surface area (Å²) in [7, 11) is -2.43. The third kappa shape index (κ3) is 3.99. The van der Waals surface area contributed by atoms with Gasteiger partial charge in [0.15, 0.2) is 12.4 Å². The SMILES string of the molecule is Cc1ccc(S(=O)(=O)N(C)CC(=O)OCC(=O)C23CC4CC(CC(C4)C2)C3)cc1. The van der Waals surface area contributed by atoms with Gasteiger partial charge in [0.1, 0.15) is 6.54 Å². The first-order chi connectivity index (χ1) is 13.7. The zero-order chi connectivity index (χ0) is 20.8. The van der Waals surface area contributed by atoms with Crippen LogP contribution in [0.25, 0.3) is 0 Å². The summed E-state index contributed by atoms with van der Waals surface area (Å²) in [5.41, 5.74) is 0.642. The van der Waals surface area contributed by atoms with E-state index >= 15 is 0 Å². The second-order valence-electron chi connectivity index (χ2n) is 9.36. The number of carbonyl (C=O) groups excluding carboxylic acids is 2. The van der Waals surface area contributed by atoms with Gasteiger partial charge in [-0.2, -0.15) is 4.31 Å². The van der Waals surface area contributed by atoms with Gasteiger partial charge < -0.3 is 4.74 Å². The van der Waals surface area contributed by atoms with Gasteiger partial charge in [0.25, 0.3) is 0 Å². The van der Waals surface area contributed by atoms with Gasteiger partial charge in [0.05, 0.1) is 4.90 Å². The Morgan fingerprint density at radius 2 is 1.55 bits per heavy atom. The molecule has 0 aliphatic heterocycles. The van der Waals surface area contributed by atoms with E-state index in [-0.39, 0.29) is 22.7 Å². The summed E-state index contributed by atoms with van der Waals surface area (Å²) < 4.78 is 31.4. The molecule has 0 aromatic heterocycles. The number of ether oxygens (including phenoxy) is 1. The lowest BCUT2D eigenvalue weighted by atomic mass is 9.48. The molecule has 1 aromatic rings. The quantitative estimate of drug-likeness (QED) is 0.635. The molecule has 0 unspecified atom stereocenters. The van der Waals surface area contributed by atoms with Crippen molar-refractivity contribution in [3.05, 3.63) is 29.8 Å². The topological polar surface area (TPSA) is 80.8 Å². The minimum Gasteiger partial charge on any atom is -0.457 e. The maximum Gasteiger partial charge on any atom is 0.321 e. The standard InChI is InChI=1S/C22H29NO5S/c1-15-3-5-19(6-4-15)29(26,27)23(2)13-21(25)28-14-20(24)22-10-16-7-17(11-22)9-18(8-16)12-22/h3-6,16-18H,7-14H2,1-2H3. The molecule has 5 rings (SSSR count). The van der Waals surface area contributed by atoms with Crippen LogP contribution in [0.4, 0.5) is 0 Å². The number of benzene rings is 1. The average molecular weight is 420 g/mol. The summed E-state index contributed by atoms with van der Waals surface area (Å²) >= 11 is 0. The maximum absolute atomic E-state index is 12.9. The lowest BCUT2D eigenvalue weighted by Crippen LogP contribution is -2.51. The number of rotatable bonds is 7. The maximum atomic E-state index is 12.9. The molecule has 0 N–H and O–H groups in total. The van der Waals surface area contributed by atoms with Crippen molar-refractivity contribution in [1.29, 1.82) is 0 Å². The van der Waals surface area contributed by atoms with Gasteiger partial charge in [-0.3, -0.25) is 9.59 Å². The van der Waals surface area contributed by atoms with Crippen LogP contribution in [0.2, 0.25) is 0 Å². The van der Waals surface area contributed by atoms with Crippen molar-refractivity contribution in [2.75, 3.05) is 20.2 Å². The molecule has 0 amide bonds. The van der Waals surface area contributed by atoms with Crippen LogP contribution in [0.5, 0.6) is 0 Å². The summed E-state index contributed by atoms with van der Waals surface area (Å²) in [6, 6.07) is 6.46. The van der Waals surface area contributed by atoms with E-state index in [1.807, 2.05) is 6.92 Å². The Labute approximate surface area is 172 Å². The van der Waals surface area contributed by atoms with Crippen molar-refractivity contribution in [3.63, 3.8) is 0 Å². The predicted octanol–water partition coefficient (Wildman–Crippen LogP) is 2.94. The van der Waals surface area contributed by atoms with E-state index in [4.69, 9.17) is 4.74 Å². The monoisotopic (exact) mass is 419 g/mol. The highest BCUT2D eigenvalue weighted by atomic mass is 32.2. The smallest absolute Gasteiger partial charge is 0.321 e. The van der Waals surface area contributed by atoms with Crippen LogP contribution in [0, 0.1) is 30.1 Å². The van der Waals surface area contributed by atoms with Crippen molar-refractivity contribution in [1.82, 2.24) is 4.31 Å². The number of aryl methyl sites for hydroxylation is 1. The third-order valence-corrected chi connectivity index (χ3v) is 8.89. The highest BCUT2D eigenvalue weighted by Crippen LogP contribution is 2.60. The van der Waals surface area contributed by atoms with Gasteiger partial charge in [-0.25, -0.2) is 8.42 Å². The van der Waals surface area contributed by atoms with E-state index in [0.717, 1.165) is 29.1 Å². The van der Waals surface area contributed by atoms with Crippen LogP contribution in [0.15, 0.2) is 29.2 Å². The van der Waals surface area contributed by atoms with Crippen LogP contribution in [-0.4, -0.2) is 44.7 Å². The number of esters is 1. The lowest BCUT2D eigenvalue weighted by Gasteiger charge is -2.55. The van der Waals surface area contributed by atoms with E-state index in [9.17, 15) is 18.0 Å². The Hall–Kier alpha value is -1.73. The predicted molar refractivity (Wildman–Crippen MR) is 108 cm³/mol. The average Bonchev–Trinajstić information content (AvgIpc) is 2.65. The molecular formula is C22H29NO5S. The van der Waals surface area contributed by atoms with Crippen LogP contribution < -0.4 is 0 Å². The van der Waals surface area contributed by atoms with Gasteiger partial charge in [-0.1, -0.05) is 17.7 Å². The molecule has 4 aliphatic carbocycles. The van der Waals surface area contributed by atoms with Gasteiger partial charge in [0.2, 0.25) is 10.0 Å². The van der Waals surface area contributed by atoms with E-state index < -0.39 is 22.5 Å². The Bertz CT molecular complexity index is 870. The molecule has 7 heteroatoms. The second-order valence-corrected chi connectivity index (χ2v) is 11.4. The molecule has 0 atom stereocenters. The summed E-state index contributed by atoms with van der Waals surface area (Å²) in [5, 5.41) is 0. The fraction of sp³-hybridized carbons (Fsp3) is 0.636. The van der Waals surface area contributed by atoms with Crippen molar-refractivity contribution in [2.45, 2.75) is 50.3 Å². The number of Topliss-reactive ketones (excluding diaryl/α,β-unsaturated/α-hetero) is 1. The van der Waals surface area contributed by atoms with E-state index in [1.165, 1.54) is 38.4 Å². The summed E-state index contributed by atoms with van der Waals surface area (Å²) in [6.07, 6.45) is 6.52. The van der Waals surface area contributed by atoms with Crippen molar-refractivity contribution in [2.24, 2.45) is 23.2 Å². The fourth-order valence-corrected chi connectivity index (χ4v) is 7.07. The van der Waals surface area contributed by atoms with E-state index in [2.05, 4.69) is 0 Å². The zero-order valence-corrected chi connectivity index (χ0v) is 17.9. The largest absolute Gasteiger partial charge is 0.457 e. The second kappa shape index (κ2) is 7.51. The Morgan fingerprint density at radius 3 is 2.07 bits per heavy atom. The van der Waals surface area contributed by atoms with Gasteiger partial charge >= 0.3 is 5.97 Å². The molecule has 4 saturated carbocycles. The Kier molecular flexibility index (Phi) is 5.32. The molecule has 29 heavy (non-hydrogen) atoms. The Balaban J connectivity index is 1.33. The first-order valence-electron chi connectivity index (χ1n) is 10.4. The minimum atomic E-state index is -3.78. The summed E-state index contributed by atoms with van der Waals surface area (Å²) in [5.74, 6) is 1.26.